The van der Waals surface area contributed by atoms with Crippen molar-refractivity contribution in [2.45, 2.75) is 39.2 Å². The molecule has 0 aliphatic carbocycles. The molecule has 0 aromatic heterocycles. The number of aryl methyl sites for hydroxylation is 2. The number of nitrogens with one attached hydrogen (secondary N) is 1. The lowest BCUT2D eigenvalue weighted by Gasteiger charge is -2.21. The molecular formula is C19H24FN. The predicted molar refractivity (Wildman–Crippen MR) is 87.1 cm³/mol. The molecule has 0 radical (unpaired) electrons. The van der Waals surface area contributed by atoms with E-state index >= 15 is 0 Å². The van der Waals surface area contributed by atoms with Gasteiger partial charge in [0.1, 0.15) is 5.82 Å². The van der Waals surface area contributed by atoms with Gasteiger partial charge in [-0.3, -0.25) is 0 Å². The lowest BCUT2D eigenvalue weighted by molar-refractivity contribution is 0.551. The van der Waals surface area contributed by atoms with E-state index < -0.39 is 0 Å². The Balaban J connectivity index is 2.34. The minimum absolute atomic E-state index is 0.123. The first-order valence-electron chi connectivity index (χ1n) is 7.71. The fourth-order valence-corrected chi connectivity index (χ4v) is 2.76. The lowest BCUT2D eigenvalue weighted by Crippen LogP contribution is -2.21. The van der Waals surface area contributed by atoms with Crippen LogP contribution in [0.1, 0.15) is 42.1 Å². The van der Waals surface area contributed by atoms with Crippen molar-refractivity contribution in [2.24, 2.45) is 0 Å². The Morgan fingerprint density at radius 2 is 1.76 bits per heavy atom. The van der Waals surface area contributed by atoms with E-state index in [1.165, 1.54) is 22.8 Å². The molecule has 2 rings (SSSR count). The van der Waals surface area contributed by atoms with Crippen molar-refractivity contribution in [3.63, 3.8) is 0 Å². The Kier molecular flexibility index (Phi) is 5.51. The van der Waals surface area contributed by atoms with Crippen molar-refractivity contribution < 1.29 is 4.39 Å². The highest BCUT2D eigenvalue weighted by Gasteiger charge is 2.16. The fraction of sp³-hybridized carbons (Fsp3) is 0.368. The molecule has 0 saturated carbocycles. The van der Waals surface area contributed by atoms with E-state index in [-0.39, 0.29) is 11.9 Å². The molecule has 0 amide bonds. The summed E-state index contributed by atoms with van der Waals surface area (Å²) in [5.41, 5.74) is 4.72. The van der Waals surface area contributed by atoms with E-state index in [0.29, 0.717) is 6.42 Å². The molecule has 112 valence electrons. The first-order valence-corrected chi connectivity index (χ1v) is 7.71. The third-order valence-corrected chi connectivity index (χ3v) is 4.11. The molecule has 1 unspecified atom stereocenters. The predicted octanol–water partition coefficient (Wildman–Crippen LogP) is 4.45. The van der Waals surface area contributed by atoms with Gasteiger partial charge in [0.25, 0.3) is 0 Å². The zero-order valence-corrected chi connectivity index (χ0v) is 13.1. The summed E-state index contributed by atoms with van der Waals surface area (Å²) in [7, 11) is 1.95. The SMILES string of the molecule is CCc1ccc(CC)c(C(Cc2ccccc2F)NC)c1. The van der Waals surface area contributed by atoms with Crippen LogP contribution in [0.5, 0.6) is 0 Å². The van der Waals surface area contributed by atoms with Gasteiger partial charge in [0.2, 0.25) is 0 Å². The number of hydrogen-bond donors (Lipinski definition) is 1. The molecule has 2 aromatic rings. The second-order valence-corrected chi connectivity index (χ2v) is 5.38. The van der Waals surface area contributed by atoms with Crippen LogP contribution in [0.2, 0.25) is 0 Å². The smallest absolute Gasteiger partial charge is 0.126 e. The largest absolute Gasteiger partial charge is 0.313 e. The first kappa shape index (κ1) is 15.7. The summed E-state index contributed by atoms with van der Waals surface area (Å²) in [6, 6.07) is 13.8. The van der Waals surface area contributed by atoms with E-state index in [2.05, 4.69) is 37.4 Å². The van der Waals surface area contributed by atoms with Gasteiger partial charge in [-0.05, 0) is 54.6 Å². The van der Waals surface area contributed by atoms with E-state index in [1.807, 2.05) is 19.2 Å². The molecule has 1 nitrogen and oxygen atoms in total. The number of hydrogen-bond acceptors (Lipinski definition) is 1. The standard InChI is InChI=1S/C19H24FN/c1-4-14-10-11-15(5-2)17(12-14)19(21-3)13-16-8-6-7-9-18(16)20/h6-12,19,21H,4-5,13H2,1-3H3. The second kappa shape index (κ2) is 7.37. The highest BCUT2D eigenvalue weighted by Crippen LogP contribution is 2.25. The Bertz CT molecular complexity index is 592. The molecule has 0 fully saturated rings. The second-order valence-electron chi connectivity index (χ2n) is 5.38. The van der Waals surface area contributed by atoms with Crippen molar-refractivity contribution >= 4 is 0 Å². The van der Waals surface area contributed by atoms with Gasteiger partial charge in [-0.25, -0.2) is 4.39 Å². The molecule has 0 aliphatic rings. The zero-order chi connectivity index (χ0) is 15.2. The molecule has 21 heavy (non-hydrogen) atoms. The Hall–Kier alpha value is -1.67. The van der Waals surface area contributed by atoms with E-state index in [0.717, 1.165) is 18.4 Å². The third-order valence-electron chi connectivity index (χ3n) is 4.11. The normalized spacial score (nSPS) is 12.4. The first-order chi connectivity index (χ1) is 10.2. The molecule has 0 spiro atoms. The highest BCUT2D eigenvalue weighted by molar-refractivity contribution is 5.36. The van der Waals surface area contributed by atoms with Crippen LogP contribution in [0.25, 0.3) is 0 Å². The van der Waals surface area contributed by atoms with Crippen LogP contribution in [-0.4, -0.2) is 7.05 Å². The maximum Gasteiger partial charge on any atom is 0.126 e. The molecule has 1 N–H and O–H groups in total. The molecular weight excluding hydrogens is 261 g/mol. The summed E-state index contributed by atoms with van der Waals surface area (Å²) >= 11 is 0. The van der Waals surface area contributed by atoms with Crippen LogP contribution in [0.3, 0.4) is 0 Å². The van der Waals surface area contributed by atoms with Gasteiger partial charge in [-0.1, -0.05) is 50.2 Å². The van der Waals surface area contributed by atoms with Crippen LogP contribution in [0.4, 0.5) is 4.39 Å². The maximum atomic E-state index is 13.9. The summed E-state index contributed by atoms with van der Waals surface area (Å²) in [4.78, 5) is 0. The number of likely N-dealkylation sites (N-methyl/N-ethyl adjacent to an activating group) is 1. The summed E-state index contributed by atoms with van der Waals surface area (Å²) in [5.74, 6) is -0.123. The molecule has 2 aromatic carbocycles. The monoisotopic (exact) mass is 285 g/mol. The van der Waals surface area contributed by atoms with Gasteiger partial charge in [-0.2, -0.15) is 0 Å². The minimum atomic E-state index is -0.123. The molecule has 0 bridgehead atoms. The Morgan fingerprint density at radius 1 is 1.00 bits per heavy atom. The van der Waals surface area contributed by atoms with E-state index in [4.69, 9.17) is 0 Å². The maximum absolute atomic E-state index is 13.9. The van der Waals surface area contributed by atoms with Crippen molar-refractivity contribution in [3.8, 4) is 0 Å². The lowest BCUT2D eigenvalue weighted by atomic mass is 9.91. The van der Waals surface area contributed by atoms with Crippen LogP contribution < -0.4 is 5.32 Å². The topological polar surface area (TPSA) is 12.0 Å². The van der Waals surface area contributed by atoms with Crippen molar-refractivity contribution in [2.75, 3.05) is 7.05 Å². The van der Waals surface area contributed by atoms with Gasteiger partial charge >= 0.3 is 0 Å². The van der Waals surface area contributed by atoms with Gasteiger partial charge in [0.15, 0.2) is 0 Å². The van der Waals surface area contributed by atoms with Crippen LogP contribution in [0, 0.1) is 5.82 Å². The Labute approximate surface area is 127 Å². The molecule has 0 aliphatic heterocycles. The van der Waals surface area contributed by atoms with Crippen molar-refractivity contribution in [1.29, 1.82) is 0 Å². The van der Waals surface area contributed by atoms with E-state index in [1.54, 1.807) is 6.07 Å². The summed E-state index contributed by atoms with van der Waals surface area (Å²) in [6.07, 6.45) is 2.69. The number of benzene rings is 2. The zero-order valence-electron chi connectivity index (χ0n) is 13.1. The van der Waals surface area contributed by atoms with Gasteiger partial charge in [0.05, 0.1) is 0 Å². The molecule has 0 saturated heterocycles. The average molecular weight is 285 g/mol. The van der Waals surface area contributed by atoms with Gasteiger partial charge in [0, 0.05) is 6.04 Å². The van der Waals surface area contributed by atoms with Crippen LogP contribution in [0.15, 0.2) is 42.5 Å². The molecule has 2 heteroatoms. The van der Waals surface area contributed by atoms with Crippen LogP contribution >= 0.6 is 0 Å². The van der Waals surface area contributed by atoms with Crippen molar-refractivity contribution in [1.82, 2.24) is 5.32 Å². The third kappa shape index (κ3) is 3.70. The van der Waals surface area contributed by atoms with E-state index in [9.17, 15) is 4.39 Å². The summed E-state index contributed by atoms with van der Waals surface area (Å²) in [6.45, 7) is 4.33. The number of halogens is 1. The Morgan fingerprint density at radius 3 is 2.38 bits per heavy atom. The minimum Gasteiger partial charge on any atom is -0.313 e. The summed E-state index contributed by atoms with van der Waals surface area (Å²) < 4.78 is 13.9. The fourth-order valence-electron chi connectivity index (χ4n) is 2.76. The van der Waals surface area contributed by atoms with Gasteiger partial charge in [-0.15, -0.1) is 0 Å². The van der Waals surface area contributed by atoms with Crippen molar-refractivity contribution in [3.05, 3.63) is 70.5 Å². The summed E-state index contributed by atoms with van der Waals surface area (Å²) in [5, 5.41) is 3.35. The quantitative estimate of drug-likeness (QED) is 0.826. The van der Waals surface area contributed by atoms with Gasteiger partial charge < -0.3 is 5.32 Å². The highest BCUT2D eigenvalue weighted by atomic mass is 19.1. The van der Waals surface area contributed by atoms with Crippen LogP contribution in [-0.2, 0) is 19.3 Å². The number of rotatable bonds is 6. The molecule has 1 atom stereocenters. The average Bonchev–Trinajstić information content (AvgIpc) is 2.53. The molecule has 0 heterocycles.